The van der Waals surface area contributed by atoms with Crippen molar-refractivity contribution in [2.45, 2.75) is 19.3 Å². The monoisotopic (exact) mass is 252 g/mol. The lowest BCUT2D eigenvalue weighted by Crippen LogP contribution is -2.32. The third kappa shape index (κ3) is 3.92. The SMILES string of the molecule is COc1ccc(CCCC(=O)N(C)N)cc1OC. The predicted molar refractivity (Wildman–Crippen MR) is 69.4 cm³/mol. The molecule has 0 atom stereocenters. The summed E-state index contributed by atoms with van der Waals surface area (Å²) < 4.78 is 10.4. The fraction of sp³-hybridized carbons (Fsp3) is 0.462. The summed E-state index contributed by atoms with van der Waals surface area (Å²) in [5, 5.41) is 1.12. The number of benzene rings is 1. The normalized spacial score (nSPS) is 10.0. The highest BCUT2D eigenvalue weighted by Gasteiger charge is 2.07. The van der Waals surface area contributed by atoms with E-state index in [-0.39, 0.29) is 5.91 Å². The molecule has 0 unspecified atom stereocenters. The third-order valence-electron chi connectivity index (χ3n) is 2.70. The summed E-state index contributed by atoms with van der Waals surface area (Å²) in [4.78, 5) is 11.3. The van der Waals surface area contributed by atoms with Crippen LogP contribution in [0, 0.1) is 0 Å². The third-order valence-corrected chi connectivity index (χ3v) is 2.70. The van der Waals surface area contributed by atoms with Gasteiger partial charge in [-0.05, 0) is 30.5 Å². The van der Waals surface area contributed by atoms with Gasteiger partial charge < -0.3 is 9.47 Å². The summed E-state index contributed by atoms with van der Waals surface area (Å²) in [6.45, 7) is 0. The molecule has 0 saturated heterocycles. The van der Waals surface area contributed by atoms with Crippen LogP contribution in [0.15, 0.2) is 18.2 Å². The standard InChI is InChI=1S/C13H20N2O3/c1-15(14)13(16)6-4-5-10-7-8-11(17-2)12(9-10)18-3/h7-9H,4-6,14H2,1-3H3. The molecule has 0 aromatic heterocycles. The number of ether oxygens (including phenoxy) is 2. The van der Waals surface area contributed by atoms with Gasteiger partial charge in [0.15, 0.2) is 11.5 Å². The summed E-state index contributed by atoms with van der Waals surface area (Å²) in [7, 11) is 4.76. The zero-order chi connectivity index (χ0) is 13.5. The van der Waals surface area contributed by atoms with Gasteiger partial charge in [0, 0.05) is 13.5 Å². The van der Waals surface area contributed by atoms with Crippen LogP contribution in [0.1, 0.15) is 18.4 Å². The van der Waals surface area contributed by atoms with Crippen molar-refractivity contribution in [3.8, 4) is 11.5 Å². The van der Waals surface area contributed by atoms with E-state index in [1.807, 2.05) is 18.2 Å². The van der Waals surface area contributed by atoms with Crippen LogP contribution in [0.5, 0.6) is 11.5 Å². The van der Waals surface area contributed by atoms with Crippen LogP contribution in [0.2, 0.25) is 0 Å². The quantitative estimate of drug-likeness (QED) is 0.471. The van der Waals surface area contributed by atoms with Crippen molar-refractivity contribution in [3.05, 3.63) is 23.8 Å². The van der Waals surface area contributed by atoms with Crippen LogP contribution < -0.4 is 15.3 Å². The molecule has 1 rings (SSSR count). The van der Waals surface area contributed by atoms with Crippen molar-refractivity contribution in [2.24, 2.45) is 5.84 Å². The highest BCUT2D eigenvalue weighted by molar-refractivity contribution is 5.75. The smallest absolute Gasteiger partial charge is 0.236 e. The van der Waals surface area contributed by atoms with Crippen LogP contribution >= 0.6 is 0 Å². The Hall–Kier alpha value is -1.75. The summed E-state index contributed by atoms with van der Waals surface area (Å²) in [5.41, 5.74) is 1.11. The van der Waals surface area contributed by atoms with Crippen molar-refractivity contribution in [1.29, 1.82) is 0 Å². The summed E-state index contributed by atoms with van der Waals surface area (Å²) in [6, 6.07) is 5.76. The molecular weight excluding hydrogens is 232 g/mol. The second kappa shape index (κ2) is 6.86. The Labute approximate surface area is 107 Å². The molecule has 1 amide bonds. The van der Waals surface area contributed by atoms with Gasteiger partial charge in [0.1, 0.15) is 0 Å². The number of nitrogens with two attached hydrogens (primary N) is 1. The van der Waals surface area contributed by atoms with Gasteiger partial charge in [-0.1, -0.05) is 6.07 Å². The van der Waals surface area contributed by atoms with Crippen LogP contribution in [-0.4, -0.2) is 32.2 Å². The van der Waals surface area contributed by atoms with Gasteiger partial charge in [0.05, 0.1) is 14.2 Å². The maximum atomic E-state index is 11.3. The summed E-state index contributed by atoms with van der Waals surface area (Å²) >= 11 is 0. The zero-order valence-electron chi connectivity index (χ0n) is 11.1. The van der Waals surface area contributed by atoms with E-state index in [4.69, 9.17) is 15.3 Å². The van der Waals surface area contributed by atoms with Crippen LogP contribution in [0.3, 0.4) is 0 Å². The van der Waals surface area contributed by atoms with Gasteiger partial charge >= 0.3 is 0 Å². The molecule has 0 aliphatic rings. The fourth-order valence-corrected chi connectivity index (χ4v) is 1.66. The van der Waals surface area contributed by atoms with Gasteiger partial charge in [-0.3, -0.25) is 9.80 Å². The first kappa shape index (κ1) is 14.3. The summed E-state index contributed by atoms with van der Waals surface area (Å²) in [6.07, 6.45) is 2.01. The van der Waals surface area contributed by atoms with E-state index < -0.39 is 0 Å². The number of hydrogen-bond donors (Lipinski definition) is 1. The van der Waals surface area contributed by atoms with Gasteiger partial charge in [0.25, 0.3) is 0 Å². The number of methoxy groups -OCH3 is 2. The molecule has 0 radical (unpaired) electrons. The van der Waals surface area contributed by atoms with E-state index in [0.29, 0.717) is 17.9 Å². The van der Waals surface area contributed by atoms with Crippen molar-refractivity contribution < 1.29 is 14.3 Å². The van der Waals surface area contributed by atoms with Gasteiger partial charge in [-0.15, -0.1) is 0 Å². The van der Waals surface area contributed by atoms with Crippen LogP contribution in [0.25, 0.3) is 0 Å². The first-order valence-electron chi connectivity index (χ1n) is 5.80. The van der Waals surface area contributed by atoms with Crippen molar-refractivity contribution in [2.75, 3.05) is 21.3 Å². The van der Waals surface area contributed by atoms with Crippen molar-refractivity contribution in [3.63, 3.8) is 0 Å². The molecule has 0 aliphatic heterocycles. The van der Waals surface area contributed by atoms with E-state index in [1.54, 1.807) is 21.3 Å². The first-order chi connectivity index (χ1) is 8.58. The topological polar surface area (TPSA) is 64.8 Å². The maximum Gasteiger partial charge on any atom is 0.236 e. The molecule has 0 fully saturated rings. The van der Waals surface area contributed by atoms with E-state index in [2.05, 4.69) is 0 Å². The molecule has 1 aromatic rings. The molecule has 0 heterocycles. The van der Waals surface area contributed by atoms with Gasteiger partial charge in [-0.25, -0.2) is 5.84 Å². The number of hydrazine groups is 1. The predicted octanol–water partition coefficient (Wildman–Crippen LogP) is 1.36. The number of aryl methyl sites for hydroxylation is 1. The van der Waals surface area contributed by atoms with E-state index in [9.17, 15) is 4.79 Å². The molecular formula is C13H20N2O3. The number of carbonyl (C=O) groups excluding carboxylic acids is 1. The number of nitrogens with zero attached hydrogens (tertiary/aromatic N) is 1. The molecule has 5 nitrogen and oxygen atoms in total. The number of hydrogen-bond acceptors (Lipinski definition) is 4. The fourth-order valence-electron chi connectivity index (χ4n) is 1.66. The Morgan fingerprint density at radius 2 is 1.94 bits per heavy atom. The van der Waals surface area contributed by atoms with Crippen molar-refractivity contribution in [1.82, 2.24) is 5.01 Å². The lowest BCUT2D eigenvalue weighted by Gasteiger charge is -2.11. The second-order valence-corrected chi connectivity index (χ2v) is 4.05. The molecule has 2 N–H and O–H groups in total. The zero-order valence-corrected chi connectivity index (χ0v) is 11.1. The molecule has 1 aromatic carbocycles. The Balaban J connectivity index is 2.55. The minimum atomic E-state index is -0.0597. The highest BCUT2D eigenvalue weighted by atomic mass is 16.5. The molecule has 0 aliphatic carbocycles. The summed E-state index contributed by atoms with van der Waals surface area (Å²) in [5.74, 6) is 6.70. The van der Waals surface area contributed by atoms with Crippen LogP contribution in [-0.2, 0) is 11.2 Å². The van der Waals surface area contributed by atoms with Crippen molar-refractivity contribution >= 4 is 5.91 Å². The molecule has 0 bridgehead atoms. The number of rotatable bonds is 6. The Morgan fingerprint density at radius 3 is 2.50 bits per heavy atom. The maximum absolute atomic E-state index is 11.3. The largest absolute Gasteiger partial charge is 0.493 e. The minimum Gasteiger partial charge on any atom is -0.493 e. The average Bonchev–Trinajstić information content (AvgIpc) is 2.38. The lowest BCUT2D eigenvalue weighted by molar-refractivity contribution is -0.130. The molecule has 18 heavy (non-hydrogen) atoms. The highest BCUT2D eigenvalue weighted by Crippen LogP contribution is 2.28. The Morgan fingerprint density at radius 1 is 1.28 bits per heavy atom. The van der Waals surface area contributed by atoms with Crippen LogP contribution in [0.4, 0.5) is 0 Å². The number of carbonyl (C=O) groups is 1. The minimum absolute atomic E-state index is 0.0597. The lowest BCUT2D eigenvalue weighted by atomic mass is 10.1. The molecule has 100 valence electrons. The van der Waals surface area contributed by atoms with E-state index in [1.165, 1.54) is 0 Å². The van der Waals surface area contributed by atoms with E-state index in [0.717, 1.165) is 23.4 Å². The van der Waals surface area contributed by atoms with E-state index >= 15 is 0 Å². The molecule has 5 heteroatoms. The van der Waals surface area contributed by atoms with Gasteiger partial charge in [-0.2, -0.15) is 0 Å². The average molecular weight is 252 g/mol. The molecule has 0 spiro atoms. The molecule has 0 saturated carbocycles. The Kier molecular flexibility index (Phi) is 5.45. The van der Waals surface area contributed by atoms with Gasteiger partial charge in [0.2, 0.25) is 5.91 Å². The second-order valence-electron chi connectivity index (χ2n) is 4.05. The first-order valence-corrected chi connectivity index (χ1v) is 5.80. The number of amides is 1. The Bertz CT molecular complexity index is 405.